The van der Waals surface area contributed by atoms with Crippen LogP contribution in [0.15, 0.2) is 0 Å². The van der Waals surface area contributed by atoms with Crippen molar-refractivity contribution in [3.63, 3.8) is 0 Å². The van der Waals surface area contributed by atoms with Gasteiger partial charge in [0.1, 0.15) is 6.10 Å². The topological polar surface area (TPSA) is 133 Å². The zero-order valence-electron chi connectivity index (χ0n) is 7.05. The zero-order valence-corrected chi connectivity index (χ0v) is 7.05. The minimum Gasteiger partial charge on any atom is -0.394 e. The number of hydrogen-bond acceptors (Lipinski definition) is 7. The first-order valence-corrected chi connectivity index (χ1v) is 3.93. The summed E-state index contributed by atoms with van der Waals surface area (Å²) in [6.45, 7) is -0.671. The molecule has 0 aromatic carbocycles. The van der Waals surface area contributed by atoms with Crippen molar-refractivity contribution in [1.82, 2.24) is 0 Å². The predicted molar refractivity (Wildman–Crippen MR) is 40.8 cm³/mol. The van der Waals surface area contributed by atoms with E-state index in [0.29, 0.717) is 0 Å². The lowest BCUT2D eigenvalue weighted by Crippen LogP contribution is -2.61. The zero-order chi connectivity index (χ0) is 10.9. The van der Waals surface area contributed by atoms with Gasteiger partial charge in [-0.2, -0.15) is 0 Å². The SMILES string of the molecule is O=[N+]([O-])C1C(O)[C@@H](O)O[C@H](CO)[C@@H]1O. The lowest BCUT2D eigenvalue weighted by atomic mass is 9.97. The van der Waals surface area contributed by atoms with Crippen LogP contribution in [0.3, 0.4) is 0 Å². The second-order valence-electron chi connectivity index (χ2n) is 3.00. The van der Waals surface area contributed by atoms with Crippen molar-refractivity contribution in [2.45, 2.75) is 30.6 Å². The van der Waals surface area contributed by atoms with E-state index < -0.39 is 42.2 Å². The molecular formula is C6H11NO7. The molecule has 2 unspecified atom stereocenters. The van der Waals surface area contributed by atoms with Crippen LogP contribution >= 0.6 is 0 Å². The maximum atomic E-state index is 10.4. The van der Waals surface area contributed by atoms with Gasteiger partial charge in [-0.1, -0.05) is 0 Å². The van der Waals surface area contributed by atoms with Crippen molar-refractivity contribution in [2.75, 3.05) is 6.61 Å². The van der Waals surface area contributed by atoms with Crippen molar-refractivity contribution in [3.05, 3.63) is 10.1 Å². The highest BCUT2D eigenvalue weighted by Crippen LogP contribution is 2.21. The molecule has 14 heavy (non-hydrogen) atoms. The molecule has 0 aromatic rings. The number of hydrogen-bond donors (Lipinski definition) is 4. The largest absolute Gasteiger partial charge is 0.394 e. The molecule has 0 aliphatic carbocycles. The van der Waals surface area contributed by atoms with Gasteiger partial charge in [0.2, 0.25) is 0 Å². The molecule has 1 aliphatic rings. The summed E-state index contributed by atoms with van der Waals surface area (Å²) in [5.41, 5.74) is 0. The van der Waals surface area contributed by atoms with Crippen molar-refractivity contribution >= 4 is 0 Å². The van der Waals surface area contributed by atoms with E-state index in [2.05, 4.69) is 4.74 Å². The molecular weight excluding hydrogens is 198 g/mol. The van der Waals surface area contributed by atoms with E-state index in [-0.39, 0.29) is 0 Å². The van der Waals surface area contributed by atoms with Crippen LogP contribution in [0.5, 0.6) is 0 Å². The fourth-order valence-electron chi connectivity index (χ4n) is 1.33. The van der Waals surface area contributed by atoms with Crippen molar-refractivity contribution < 1.29 is 30.1 Å². The van der Waals surface area contributed by atoms with Gasteiger partial charge in [-0.05, 0) is 0 Å². The number of nitrogens with zero attached hydrogens (tertiary/aromatic N) is 1. The first-order chi connectivity index (χ1) is 6.49. The Bertz CT molecular complexity index is 222. The summed E-state index contributed by atoms with van der Waals surface area (Å²) in [5.74, 6) is 0. The highest BCUT2D eigenvalue weighted by Gasteiger charge is 2.50. The Morgan fingerprint density at radius 3 is 2.29 bits per heavy atom. The van der Waals surface area contributed by atoms with E-state index in [1.807, 2.05) is 0 Å². The molecule has 0 saturated carbocycles. The van der Waals surface area contributed by atoms with Gasteiger partial charge in [-0.3, -0.25) is 10.1 Å². The molecule has 1 saturated heterocycles. The molecule has 0 bridgehead atoms. The Labute approximate surface area is 78.5 Å². The van der Waals surface area contributed by atoms with Gasteiger partial charge in [-0.15, -0.1) is 0 Å². The van der Waals surface area contributed by atoms with Gasteiger partial charge in [0.25, 0.3) is 6.04 Å². The third kappa shape index (κ3) is 1.83. The van der Waals surface area contributed by atoms with E-state index in [0.717, 1.165) is 0 Å². The Balaban J connectivity index is 2.83. The van der Waals surface area contributed by atoms with Crippen LogP contribution in [0, 0.1) is 10.1 Å². The summed E-state index contributed by atoms with van der Waals surface area (Å²) < 4.78 is 4.54. The van der Waals surface area contributed by atoms with Crippen molar-refractivity contribution in [2.24, 2.45) is 0 Å². The molecule has 1 rings (SSSR count). The molecule has 0 spiro atoms. The molecule has 1 fully saturated rings. The second kappa shape index (κ2) is 4.15. The fraction of sp³-hybridized carbons (Fsp3) is 1.00. The molecule has 0 aromatic heterocycles. The fourth-order valence-corrected chi connectivity index (χ4v) is 1.33. The molecule has 4 N–H and O–H groups in total. The molecule has 0 radical (unpaired) electrons. The normalized spacial score (nSPS) is 43.6. The molecule has 8 nitrogen and oxygen atoms in total. The lowest BCUT2D eigenvalue weighted by molar-refractivity contribution is -0.564. The highest BCUT2D eigenvalue weighted by molar-refractivity contribution is 4.88. The Morgan fingerprint density at radius 1 is 1.29 bits per heavy atom. The smallest absolute Gasteiger partial charge is 0.271 e. The minimum absolute atomic E-state index is 0.671. The van der Waals surface area contributed by atoms with Crippen LogP contribution in [0.1, 0.15) is 0 Å². The summed E-state index contributed by atoms with van der Waals surface area (Å²) in [6, 6.07) is -1.75. The van der Waals surface area contributed by atoms with Crippen LogP contribution in [-0.2, 0) is 4.74 Å². The lowest BCUT2D eigenvalue weighted by Gasteiger charge is -2.35. The van der Waals surface area contributed by atoms with Gasteiger partial charge >= 0.3 is 0 Å². The Hall–Kier alpha value is -0.800. The van der Waals surface area contributed by atoms with Gasteiger partial charge in [-0.25, -0.2) is 0 Å². The van der Waals surface area contributed by atoms with E-state index >= 15 is 0 Å². The molecule has 0 amide bonds. The monoisotopic (exact) mass is 209 g/mol. The molecule has 8 heteroatoms. The van der Waals surface area contributed by atoms with Gasteiger partial charge < -0.3 is 25.2 Å². The summed E-state index contributed by atoms with van der Waals surface area (Å²) in [6.07, 6.45) is -6.48. The molecule has 5 atom stereocenters. The van der Waals surface area contributed by atoms with E-state index in [9.17, 15) is 15.2 Å². The summed E-state index contributed by atoms with van der Waals surface area (Å²) in [4.78, 5) is 9.51. The first kappa shape index (κ1) is 11.3. The third-order valence-corrected chi connectivity index (χ3v) is 2.11. The standard InChI is InChI=1S/C6H11NO7/c8-1-2-4(9)3(7(12)13)5(10)6(11)14-2/h2-6,8-11H,1H2/t2-,3?,4+,5?,6+/m1/s1. The quantitative estimate of drug-likeness (QED) is 0.282. The van der Waals surface area contributed by atoms with E-state index in [1.54, 1.807) is 0 Å². The van der Waals surface area contributed by atoms with Gasteiger partial charge in [0.15, 0.2) is 18.5 Å². The number of rotatable bonds is 2. The summed E-state index contributed by atoms with van der Waals surface area (Å²) in [5, 5.41) is 46.5. The highest BCUT2D eigenvalue weighted by atomic mass is 16.7. The van der Waals surface area contributed by atoms with Crippen LogP contribution in [-0.4, -0.2) is 62.6 Å². The van der Waals surface area contributed by atoms with E-state index in [4.69, 9.17) is 15.3 Å². The maximum absolute atomic E-state index is 10.4. The van der Waals surface area contributed by atoms with Crippen LogP contribution in [0.4, 0.5) is 0 Å². The number of ether oxygens (including phenoxy) is 1. The number of aliphatic hydroxyl groups excluding tert-OH is 4. The van der Waals surface area contributed by atoms with Crippen LogP contribution in [0.2, 0.25) is 0 Å². The predicted octanol–water partition coefficient (Wildman–Crippen LogP) is -2.94. The second-order valence-corrected chi connectivity index (χ2v) is 3.00. The third-order valence-electron chi connectivity index (χ3n) is 2.11. The summed E-state index contributed by atoms with van der Waals surface area (Å²) >= 11 is 0. The Morgan fingerprint density at radius 2 is 1.86 bits per heavy atom. The van der Waals surface area contributed by atoms with Crippen LogP contribution < -0.4 is 0 Å². The molecule has 82 valence electrons. The average molecular weight is 209 g/mol. The Kier molecular flexibility index (Phi) is 3.34. The molecule has 1 heterocycles. The van der Waals surface area contributed by atoms with Crippen LogP contribution in [0.25, 0.3) is 0 Å². The molecule has 1 aliphatic heterocycles. The number of nitro groups is 1. The van der Waals surface area contributed by atoms with Crippen molar-refractivity contribution in [3.8, 4) is 0 Å². The average Bonchev–Trinajstić information content (AvgIpc) is 2.11. The van der Waals surface area contributed by atoms with Gasteiger partial charge in [0, 0.05) is 4.92 Å². The summed E-state index contributed by atoms with van der Waals surface area (Å²) in [7, 11) is 0. The first-order valence-electron chi connectivity index (χ1n) is 3.93. The van der Waals surface area contributed by atoms with Gasteiger partial charge in [0.05, 0.1) is 6.61 Å². The minimum atomic E-state index is -1.80. The maximum Gasteiger partial charge on any atom is 0.271 e. The van der Waals surface area contributed by atoms with Crippen molar-refractivity contribution in [1.29, 1.82) is 0 Å². The number of aliphatic hydroxyl groups is 4. The van der Waals surface area contributed by atoms with E-state index in [1.165, 1.54) is 0 Å².